The highest BCUT2D eigenvalue weighted by Gasteiger charge is 2.10. The molecule has 0 saturated heterocycles. The van der Waals surface area contributed by atoms with Crippen LogP contribution in [0.1, 0.15) is 0 Å². The van der Waals surface area contributed by atoms with Crippen molar-refractivity contribution in [1.82, 2.24) is 0 Å². The van der Waals surface area contributed by atoms with Gasteiger partial charge in [0.05, 0.1) is 21.1 Å². The Morgan fingerprint density at radius 2 is 1.82 bits per heavy atom. The van der Waals surface area contributed by atoms with Crippen molar-refractivity contribution in [3.63, 3.8) is 0 Å². The summed E-state index contributed by atoms with van der Waals surface area (Å²) in [4.78, 5) is 12.1. The highest BCUT2D eigenvalue weighted by atomic mass is 16.3. The molecule has 5 nitrogen and oxygen atoms in total. The molecule has 0 amide bonds. The van der Waals surface area contributed by atoms with Crippen molar-refractivity contribution in [2.75, 3.05) is 28.2 Å². The van der Waals surface area contributed by atoms with Crippen LogP contribution in [-0.2, 0) is 4.79 Å². The fraction of sp³-hybridized carbons (Fsp3) is 0.667. The maximum Gasteiger partial charge on any atom is 0.294 e. The smallest absolute Gasteiger partial charge is 0.294 e. The first kappa shape index (κ1) is 12.6. The highest BCUT2D eigenvalue weighted by molar-refractivity contribution is 5.70. The Labute approximate surface area is 66.7 Å². The predicted octanol–water partition coefficient (Wildman–Crippen LogP) is -2.00. The number of hydrogen-bond acceptors (Lipinski definition) is 3. The van der Waals surface area contributed by atoms with Crippen LogP contribution in [0.2, 0.25) is 0 Å². The van der Waals surface area contributed by atoms with Gasteiger partial charge in [-0.25, -0.2) is 4.99 Å². The van der Waals surface area contributed by atoms with Crippen LogP contribution in [0.15, 0.2) is 4.99 Å². The lowest BCUT2D eigenvalue weighted by Crippen LogP contribution is -2.46. The minimum absolute atomic E-state index is 0.500. The minimum atomic E-state index is -0.500. The second kappa shape index (κ2) is 5.67. The van der Waals surface area contributed by atoms with Gasteiger partial charge in [0.15, 0.2) is 0 Å². The van der Waals surface area contributed by atoms with Gasteiger partial charge < -0.3 is 15.6 Å². The van der Waals surface area contributed by atoms with Gasteiger partial charge in [-0.05, 0) is 0 Å². The number of hydrogen-bond donors (Lipinski definition) is 1. The van der Waals surface area contributed by atoms with Crippen molar-refractivity contribution in [2.24, 2.45) is 10.7 Å². The molecular weight excluding hydrogens is 146 g/mol. The van der Waals surface area contributed by atoms with Gasteiger partial charge in [0.25, 0.3) is 5.96 Å². The number of rotatable bonds is 0. The molecular formula is C6H15N3O2. The standard InChI is InChI=1S/C5H14N3.CH2O2/c1-7-5(6)8(2,3)4;2-1-3/h1-4H3,(H2,6,7);1H,(H,2,3)/q+1;/p-1. The SMILES string of the molecule is C/N=C(\N)[N+](C)(C)C.O=C[O-]. The number of quaternary nitrogens is 1. The van der Waals surface area contributed by atoms with E-state index in [1.54, 1.807) is 7.05 Å². The summed E-state index contributed by atoms with van der Waals surface area (Å²) in [5.74, 6) is 0.644. The molecule has 0 aliphatic rings. The normalized spacial score (nSPS) is 11.5. The largest absolute Gasteiger partial charge is 0.554 e. The summed E-state index contributed by atoms with van der Waals surface area (Å²) in [5, 5.41) is 8.25. The molecule has 2 N–H and O–H groups in total. The zero-order valence-electron chi connectivity index (χ0n) is 7.37. The first-order chi connectivity index (χ1) is 4.90. The molecule has 0 aromatic carbocycles. The Bertz CT molecular complexity index is 137. The molecule has 0 rings (SSSR count). The lowest BCUT2D eigenvalue weighted by molar-refractivity contribution is -0.778. The van der Waals surface area contributed by atoms with Crippen molar-refractivity contribution in [1.29, 1.82) is 0 Å². The highest BCUT2D eigenvalue weighted by Crippen LogP contribution is 1.86. The molecule has 0 fully saturated rings. The quantitative estimate of drug-likeness (QED) is 0.193. The molecule has 0 spiro atoms. The third-order valence-electron chi connectivity index (χ3n) is 0.916. The fourth-order valence-corrected chi connectivity index (χ4v) is 0.300. The maximum absolute atomic E-state index is 8.25. The third kappa shape index (κ3) is 8.90. The Kier molecular flexibility index (Phi) is 6.47. The zero-order valence-corrected chi connectivity index (χ0v) is 7.37. The number of aliphatic imine (C=N–C) groups is 1. The third-order valence-corrected chi connectivity index (χ3v) is 0.916. The number of nitrogens with two attached hydrogens (primary N) is 1. The summed E-state index contributed by atoms with van der Waals surface area (Å²) in [6.07, 6.45) is 0. The molecule has 0 aliphatic heterocycles. The number of carbonyl (C=O) groups is 1. The van der Waals surface area contributed by atoms with E-state index in [-0.39, 0.29) is 0 Å². The Morgan fingerprint density at radius 1 is 1.55 bits per heavy atom. The molecule has 0 heterocycles. The molecule has 11 heavy (non-hydrogen) atoms. The van der Waals surface area contributed by atoms with Gasteiger partial charge >= 0.3 is 0 Å². The van der Waals surface area contributed by atoms with Crippen LogP contribution in [0.25, 0.3) is 0 Å². The first-order valence-corrected chi connectivity index (χ1v) is 3.00. The summed E-state index contributed by atoms with van der Waals surface area (Å²) in [6, 6.07) is 0. The molecule has 0 unspecified atom stereocenters. The van der Waals surface area contributed by atoms with E-state index in [0.29, 0.717) is 10.4 Å². The van der Waals surface area contributed by atoms with E-state index in [1.165, 1.54) is 0 Å². The van der Waals surface area contributed by atoms with Crippen LogP contribution in [0.5, 0.6) is 0 Å². The Morgan fingerprint density at radius 3 is 1.82 bits per heavy atom. The van der Waals surface area contributed by atoms with E-state index < -0.39 is 6.47 Å². The van der Waals surface area contributed by atoms with Crippen LogP contribution in [0.3, 0.4) is 0 Å². The van der Waals surface area contributed by atoms with Crippen LogP contribution < -0.4 is 10.8 Å². The van der Waals surface area contributed by atoms with E-state index >= 15 is 0 Å². The van der Waals surface area contributed by atoms with Crippen molar-refractivity contribution < 1.29 is 14.4 Å². The number of carbonyl (C=O) groups excluding carboxylic acids is 1. The monoisotopic (exact) mass is 161 g/mol. The predicted molar refractivity (Wildman–Crippen MR) is 41.6 cm³/mol. The van der Waals surface area contributed by atoms with E-state index in [9.17, 15) is 0 Å². The van der Waals surface area contributed by atoms with Gasteiger partial charge in [-0.15, -0.1) is 0 Å². The number of guanidine groups is 1. The summed E-state index contributed by atoms with van der Waals surface area (Å²) >= 11 is 0. The average molecular weight is 161 g/mol. The van der Waals surface area contributed by atoms with Crippen molar-refractivity contribution in [3.8, 4) is 0 Å². The van der Waals surface area contributed by atoms with Crippen LogP contribution in [-0.4, -0.2) is 45.1 Å². The maximum atomic E-state index is 8.25. The number of carboxylic acid groups (broad SMARTS) is 1. The second-order valence-electron chi connectivity index (χ2n) is 2.69. The fourth-order valence-electron chi connectivity index (χ4n) is 0.300. The van der Waals surface area contributed by atoms with Gasteiger partial charge in [-0.1, -0.05) is 0 Å². The molecule has 0 radical (unpaired) electrons. The van der Waals surface area contributed by atoms with E-state index in [1.807, 2.05) is 21.1 Å². The average Bonchev–Trinajstić information content (AvgIpc) is 1.86. The van der Waals surface area contributed by atoms with Crippen molar-refractivity contribution in [3.05, 3.63) is 0 Å². The van der Waals surface area contributed by atoms with E-state index in [2.05, 4.69) is 4.99 Å². The summed E-state index contributed by atoms with van der Waals surface area (Å²) in [6.45, 7) is -0.500. The lowest BCUT2D eigenvalue weighted by Gasteiger charge is -2.20. The molecule has 0 aromatic heterocycles. The first-order valence-electron chi connectivity index (χ1n) is 3.00. The summed E-state index contributed by atoms with van der Waals surface area (Å²) < 4.78 is 0.608. The summed E-state index contributed by atoms with van der Waals surface area (Å²) in [5.41, 5.74) is 5.47. The van der Waals surface area contributed by atoms with Crippen LogP contribution in [0.4, 0.5) is 0 Å². The van der Waals surface area contributed by atoms with E-state index in [4.69, 9.17) is 15.6 Å². The molecule has 0 bridgehead atoms. The van der Waals surface area contributed by atoms with Gasteiger partial charge in [0.2, 0.25) is 0 Å². The molecule has 0 aromatic rings. The van der Waals surface area contributed by atoms with Crippen LogP contribution in [0, 0.1) is 0 Å². The van der Waals surface area contributed by atoms with E-state index in [0.717, 1.165) is 0 Å². The topological polar surface area (TPSA) is 78.5 Å². The molecule has 0 atom stereocenters. The van der Waals surface area contributed by atoms with Gasteiger partial charge in [0, 0.05) is 13.5 Å². The zero-order chi connectivity index (χ0) is 9.49. The molecule has 5 heteroatoms. The number of nitrogens with zero attached hydrogens (tertiary/aromatic N) is 2. The van der Waals surface area contributed by atoms with Gasteiger partial charge in [-0.3, -0.25) is 4.48 Å². The van der Waals surface area contributed by atoms with Gasteiger partial charge in [-0.2, -0.15) is 0 Å². The molecule has 0 saturated carbocycles. The van der Waals surface area contributed by atoms with Gasteiger partial charge in [0.1, 0.15) is 0 Å². The molecule has 66 valence electrons. The van der Waals surface area contributed by atoms with Crippen molar-refractivity contribution in [2.45, 2.75) is 0 Å². The second-order valence-corrected chi connectivity index (χ2v) is 2.69. The summed E-state index contributed by atoms with van der Waals surface area (Å²) in [7, 11) is 7.62. The minimum Gasteiger partial charge on any atom is -0.554 e. The molecule has 0 aliphatic carbocycles. The van der Waals surface area contributed by atoms with Crippen molar-refractivity contribution >= 4 is 12.4 Å². The van der Waals surface area contributed by atoms with Crippen LogP contribution >= 0.6 is 0 Å². The Hall–Kier alpha value is -1.10. The lowest BCUT2D eigenvalue weighted by atomic mass is 10.7. The Balaban J connectivity index is 0.